The quantitative estimate of drug-likeness (QED) is 0.593. The second-order valence-corrected chi connectivity index (χ2v) is 3.76. The Morgan fingerprint density at radius 1 is 0.810 bits per heavy atom. The molecule has 0 aliphatic rings. The van der Waals surface area contributed by atoms with Crippen molar-refractivity contribution in [3.8, 4) is 5.75 Å². The fourth-order valence-electron chi connectivity index (χ4n) is 1.20. The Labute approximate surface area is 155 Å². The van der Waals surface area contributed by atoms with Crippen molar-refractivity contribution in [2.45, 2.75) is 12.4 Å². The first-order valence-corrected chi connectivity index (χ1v) is 4.92. The van der Waals surface area contributed by atoms with E-state index >= 15 is 0 Å². The molecule has 0 aromatic heterocycles. The van der Waals surface area contributed by atoms with Crippen molar-refractivity contribution < 1.29 is 95.4 Å². The Hall–Kier alpha value is 0.0913. The molecule has 1 nitrogen and oxygen atoms in total. The van der Waals surface area contributed by atoms with Crippen LogP contribution in [0, 0.1) is 0 Å². The van der Waals surface area contributed by atoms with Crippen LogP contribution in [0.1, 0.15) is 11.1 Å². The van der Waals surface area contributed by atoms with Gasteiger partial charge in [-0.3, -0.25) is 0 Å². The number of hydrogen-bond donors (Lipinski definition) is 0. The summed E-state index contributed by atoms with van der Waals surface area (Å²) in [5.74, 6) is -1.15. The minimum atomic E-state index is -5.50. The summed E-state index contributed by atoms with van der Waals surface area (Å²) in [6.07, 6.45) is -10.3. The molecule has 0 N–H and O–H groups in total. The fraction of sp³-hybridized carbons (Fsp3) is 0.333. The van der Waals surface area contributed by atoms with Crippen LogP contribution in [0.25, 0.3) is 0 Å². The van der Waals surface area contributed by atoms with Gasteiger partial charge in [-0.15, -0.1) is 0 Å². The van der Waals surface area contributed by atoms with Crippen LogP contribution in [0.3, 0.4) is 0 Å². The summed E-state index contributed by atoms with van der Waals surface area (Å²) in [7, 11) is 0. The SMILES string of the molecule is F[B-](F)(F)COc1cc(C(F)(F)F)cc(C(F)(F)F)c1.[K+]. The normalized spacial score (nSPS) is 12.8. The van der Waals surface area contributed by atoms with Crippen molar-refractivity contribution in [2.24, 2.45) is 0 Å². The summed E-state index contributed by atoms with van der Waals surface area (Å²) >= 11 is 0. The molecule has 0 saturated heterocycles. The molecule has 1 aromatic rings. The van der Waals surface area contributed by atoms with E-state index in [-0.39, 0.29) is 69.6 Å². The van der Waals surface area contributed by atoms with E-state index in [0.717, 1.165) is 0 Å². The minimum absolute atomic E-state index is 0. The van der Waals surface area contributed by atoms with E-state index in [1.165, 1.54) is 0 Å². The van der Waals surface area contributed by atoms with Gasteiger partial charge in [0.15, 0.2) is 0 Å². The minimum Gasteiger partial charge on any atom is -0.522 e. The second-order valence-electron chi connectivity index (χ2n) is 3.76. The van der Waals surface area contributed by atoms with Crippen molar-refractivity contribution in [2.75, 3.05) is 6.51 Å². The zero-order valence-electron chi connectivity index (χ0n) is 10.3. The van der Waals surface area contributed by atoms with Crippen LogP contribution in [0.5, 0.6) is 5.75 Å². The number of halogens is 9. The van der Waals surface area contributed by atoms with Gasteiger partial charge < -0.3 is 17.7 Å². The molecule has 0 atom stereocenters. The van der Waals surface area contributed by atoms with Gasteiger partial charge in [0, 0.05) is 0 Å². The van der Waals surface area contributed by atoms with Crippen molar-refractivity contribution in [1.82, 2.24) is 0 Å². The molecule has 1 rings (SSSR count). The van der Waals surface area contributed by atoms with E-state index in [4.69, 9.17) is 0 Å². The standard InChI is InChI=1S/C9H5BF9O.K/c11-8(12,13)5-1-6(9(14,15)16)3-7(2-5)20-4-10(17,18)19;/h1-3H,4H2;/q-1;+1. The molecule has 0 aliphatic carbocycles. The van der Waals surface area contributed by atoms with Gasteiger partial charge in [0.2, 0.25) is 0 Å². The number of ether oxygens (including phenoxy) is 1. The van der Waals surface area contributed by atoms with Crippen molar-refractivity contribution in [3.63, 3.8) is 0 Å². The molecule has 0 aliphatic heterocycles. The van der Waals surface area contributed by atoms with Crippen LogP contribution in [-0.4, -0.2) is 13.5 Å². The summed E-state index contributed by atoms with van der Waals surface area (Å²) in [5, 5.41) is 0. The number of rotatable bonds is 3. The second kappa shape index (κ2) is 7.11. The van der Waals surface area contributed by atoms with Crippen LogP contribution >= 0.6 is 0 Å². The first-order valence-electron chi connectivity index (χ1n) is 4.92. The smallest absolute Gasteiger partial charge is 0.522 e. The molecule has 21 heavy (non-hydrogen) atoms. The van der Waals surface area contributed by atoms with Crippen molar-refractivity contribution in [1.29, 1.82) is 0 Å². The third-order valence-electron chi connectivity index (χ3n) is 2.00. The Kier molecular flexibility index (Phi) is 7.14. The Morgan fingerprint density at radius 2 is 1.19 bits per heavy atom. The predicted octanol–water partition coefficient (Wildman–Crippen LogP) is 1.49. The largest absolute Gasteiger partial charge is 1.00 e. The zero-order valence-corrected chi connectivity index (χ0v) is 13.4. The van der Waals surface area contributed by atoms with Crippen LogP contribution in [-0.2, 0) is 12.4 Å². The summed E-state index contributed by atoms with van der Waals surface area (Å²) in [5.41, 5.74) is -3.48. The molecule has 0 fully saturated rings. The maximum absolute atomic E-state index is 12.4. The first kappa shape index (κ1) is 21.1. The van der Waals surface area contributed by atoms with Crippen molar-refractivity contribution in [3.05, 3.63) is 29.3 Å². The summed E-state index contributed by atoms with van der Waals surface area (Å²) in [4.78, 5) is 0. The molecule has 114 valence electrons. The van der Waals surface area contributed by atoms with Gasteiger partial charge in [0.05, 0.1) is 17.6 Å². The fourth-order valence-corrected chi connectivity index (χ4v) is 1.20. The van der Waals surface area contributed by atoms with Crippen LogP contribution in [0.4, 0.5) is 39.3 Å². The molecule has 0 saturated carbocycles. The van der Waals surface area contributed by atoms with Gasteiger partial charge in [-0.25, -0.2) is 0 Å². The predicted molar refractivity (Wildman–Crippen MR) is 51.0 cm³/mol. The summed E-state index contributed by atoms with van der Waals surface area (Å²) in [6.45, 7) is -7.43. The average molecular weight is 350 g/mol. The third kappa shape index (κ3) is 7.26. The van der Waals surface area contributed by atoms with Gasteiger partial charge >= 0.3 is 70.7 Å². The molecule has 0 amide bonds. The topological polar surface area (TPSA) is 9.23 Å². The number of alkyl halides is 6. The van der Waals surface area contributed by atoms with E-state index < -0.39 is 42.7 Å². The molecule has 1 aromatic carbocycles. The summed E-state index contributed by atoms with van der Waals surface area (Å²) < 4.78 is 114. The first-order chi connectivity index (χ1) is 8.79. The van der Waals surface area contributed by atoms with Gasteiger partial charge in [-0.05, 0) is 18.2 Å². The average Bonchev–Trinajstić information content (AvgIpc) is 2.22. The number of hydrogen-bond acceptors (Lipinski definition) is 1. The van der Waals surface area contributed by atoms with E-state index in [9.17, 15) is 39.3 Å². The van der Waals surface area contributed by atoms with Crippen LogP contribution in [0.2, 0.25) is 0 Å². The van der Waals surface area contributed by atoms with Gasteiger partial charge in [0.25, 0.3) is 0 Å². The molecule has 0 heterocycles. The molecular formula is C9H5BF9KO. The maximum atomic E-state index is 12.4. The Morgan fingerprint density at radius 3 is 1.48 bits per heavy atom. The Balaban J connectivity index is 0.00000400. The van der Waals surface area contributed by atoms with E-state index in [1.54, 1.807) is 0 Å². The van der Waals surface area contributed by atoms with Crippen LogP contribution in [0.15, 0.2) is 18.2 Å². The molecular weight excluding hydrogens is 345 g/mol. The van der Waals surface area contributed by atoms with Gasteiger partial charge in [-0.2, -0.15) is 26.3 Å². The maximum Gasteiger partial charge on any atom is 1.00 e. The van der Waals surface area contributed by atoms with Gasteiger partial charge in [-0.1, -0.05) is 0 Å². The van der Waals surface area contributed by atoms with Crippen LogP contribution < -0.4 is 56.1 Å². The number of benzene rings is 1. The molecule has 0 spiro atoms. The van der Waals surface area contributed by atoms with E-state index in [0.29, 0.717) is 0 Å². The van der Waals surface area contributed by atoms with Crippen molar-refractivity contribution >= 4 is 6.98 Å². The summed E-state index contributed by atoms with van der Waals surface area (Å²) in [6, 6.07) is -0.0420. The van der Waals surface area contributed by atoms with Gasteiger partial charge in [0.1, 0.15) is 5.75 Å². The Bertz CT molecular complexity index is 447. The monoisotopic (exact) mass is 350 g/mol. The third-order valence-corrected chi connectivity index (χ3v) is 2.00. The molecule has 0 unspecified atom stereocenters. The molecule has 0 radical (unpaired) electrons. The van der Waals surface area contributed by atoms with E-state index in [1.807, 2.05) is 0 Å². The van der Waals surface area contributed by atoms with E-state index in [2.05, 4.69) is 4.74 Å². The molecule has 0 bridgehead atoms. The molecule has 12 heteroatoms. The zero-order chi connectivity index (χ0) is 15.8.